The van der Waals surface area contributed by atoms with Gasteiger partial charge in [-0.3, -0.25) is 4.90 Å². The van der Waals surface area contributed by atoms with Gasteiger partial charge in [0.2, 0.25) is 0 Å². The summed E-state index contributed by atoms with van der Waals surface area (Å²) in [5.41, 5.74) is 0.625. The van der Waals surface area contributed by atoms with Crippen LogP contribution in [0.4, 0.5) is 14.5 Å². The standard InChI is InChI=1S/C23H31F2N7O/c1-28-9-15-31(16-10-28)32-17-20(33-21(22(32)25)23-26-7-4-8-27-23)30-13-11-29(12-14-30)19-6-3-2-5-18(19)24/h2-8,20-22H,9-17H2,1H3. The number of anilines is 1. The van der Waals surface area contributed by atoms with Crippen molar-refractivity contribution in [2.75, 3.05) is 70.9 Å². The maximum Gasteiger partial charge on any atom is 0.200 e. The van der Waals surface area contributed by atoms with Crippen molar-refractivity contribution in [2.24, 2.45) is 0 Å². The lowest BCUT2D eigenvalue weighted by atomic mass is 10.2. The molecule has 0 bridgehead atoms. The van der Waals surface area contributed by atoms with Crippen LogP contribution in [0, 0.1) is 5.82 Å². The highest BCUT2D eigenvalue weighted by molar-refractivity contribution is 5.48. The first kappa shape index (κ1) is 22.5. The molecule has 0 radical (unpaired) electrons. The Morgan fingerprint density at radius 1 is 0.909 bits per heavy atom. The van der Waals surface area contributed by atoms with Crippen LogP contribution in [-0.2, 0) is 4.74 Å². The number of halogens is 2. The molecule has 3 aliphatic rings. The Morgan fingerprint density at radius 3 is 2.30 bits per heavy atom. The molecule has 3 fully saturated rings. The number of hydrogen-bond acceptors (Lipinski definition) is 8. The molecule has 0 aliphatic carbocycles. The molecule has 3 atom stereocenters. The van der Waals surface area contributed by atoms with E-state index < -0.39 is 12.4 Å². The zero-order valence-electron chi connectivity index (χ0n) is 18.9. The molecule has 0 saturated carbocycles. The fourth-order valence-corrected chi connectivity index (χ4v) is 4.82. The Labute approximate surface area is 193 Å². The normalized spacial score (nSPS) is 28.8. The van der Waals surface area contributed by atoms with Crippen molar-refractivity contribution < 1.29 is 13.5 Å². The second kappa shape index (κ2) is 9.94. The summed E-state index contributed by atoms with van der Waals surface area (Å²) < 4.78 is 36.3. The van der Waals surface area contributed by atoms with Crippen LogP contribution in [0.1, 0.15) is 11.9 Å². The molecule has 1 aromatic heterocycles. The maximum absolute atomic E-state index is 15.7. The van der Waals surface area contributed by atoms with Gasteiger partial charge in [-0.1, -0.05) is 12.1 Å². The van der Waals surface area contributed by atoms with Gasteiger partial charge in [0.05, 0.1) is 12.2 Å². The molecule has 1 aromatic carbocycles. The minimum Gasteiger partial charge on any atom is -0.367 e. The van der Waals surface area contributed by atoms with Crippen molar-refractivity contribution in [1.29, 1.82) is 0 Å². The SMILES string of the molecule is CN1CCN(N2CC(N3CCN(c4ccccc4F)CC3)OC(c3ncccn3)C2F)CC1. The van der Waals surface area contributed by atoms with Crippen LogP contribution >= 0.6 is 0 Å². The molecule has 3 unspecified atom stereocenters. The Balaban J connectivity index is 1.32. The van der Waals surface area contributed by atoms with Crippen LogP contribution in [0.25, 0.3) is 0 Å². The fourth-order valence-electron chi connectivity index (χ4n) is 4.82. The van der Waals surface area contributed by atoms with Gasteiger partial charge in [-0.05, 0) is 25.2 Å². The van der Waals surface area contributed by atoms with Gasteiger partial charge in [-0.15, -0.1) is 0 Å². The molecule has 33 heavy (non-hydrogen) atoms. The van der Waals surface area contributed by atoms with Crippen molar-refractivity contribution in [3.8, 4) is 0 Å². The number of likely N-dealkylation sites (N-methyl/N-ethyl adjacent to an activating group) is 1. The topological polar surface area (TPSA) is 51.2 Å². The summed E-state index contributed by atoms with van der Waals surface area (Å²) in [7, 11) is 2.09. The van der Waals surface area contributed by atoms with E-state index >= 15 is 4.39 Å². The largest absolute Gasteiger partial charge is 0.367 e. The highest BCUT2D eigenvalue weighted by Crippen LogP contribution is 2.33. The molecular formula is C23H31F2N7O. The first-order valence-electron chi connectivity index (χ1n) is 11.6. The summed E-state index contributed by atoms with van der Waals surface area (Å²) >= 11 is 0. The van der Waals surface area contributed by atoms with E-state index in [-0.39, 0.29) is 12.0 Å². The van der Waals surface area contributed by atoms with Gasteiger partial charge in [-0.2, -0.15) is 0 Å². The first-order valence-corrected chi connectivity index (χ1v) is 11.6. The van der Waals surface area contributed by atoms with E-state index in [4.69, 9.17) is 4.74 Å². The average molecular weight is 460 g/mol. The summed E-state index contributed by atoms with van der Waals surface area (Å²) in [5, 5.41) is 3.91. The monoisotopic (exact) mass is 459 g/mol. The molecule has 5 rings (SSSR count). The van der Waals surface area contributed by atoms with Crippen molar-refractivity contribution in [3.05, 3.63) is 54.4 Å². The summed E-state index contributed by atoms with van der Waals surface area (Å²) in [6.07, 6.45) is 0.722. The van der Waals surface area contributed by atoms with Gasteiger partial charge in [0, 0.05) is 64.8 Å². The predicted octanol–water partition coefficient (Wildman–Crippen LogP) is 1.60. The number of rotatable bonds is 4. The highest BCUT2D eigenvalue weighted by Gasteiger charge is 2.44. The minimum absolute atomic E-state index is 0.206. The molecule has 0 spiro atoms. The molecule has 3 aliphatic heterocycles. The first-order chi connectivity index (χ1) is 16.1. The molecule has 4 heterocycles. The Bertz CT molecular complexity index is 907. The molecule has 10 heteroatoms. The quantitative estimate of drug-likeness (QED) is 0.640. The number of morpholine rings is 1. The second-order valence-electron chi connectivity index (χ2n) is 8.84. The minimum atomic E-state index is -1.35. The van der Waals surface area contributed by atoms with Gasteiger partial charge in [0.15, 0.2) is 18.2 Å². The third-order valence-electron chi connectivity index (χ3n) is 6.78. The molecule has 2 aromatic rings. The van der Waals surface area contributed by atoms with Crippen LogP contribution in [-0.4, -0.2) is 108 Å². The van der Waals surface area contributed by atoms with E-state index in [1.165, 1.54) is 6.07 Å². The number of hydrogen-bond donors (Lipinski definition) is 0. The molecule has 8 nitrogen and oxygen atoms in total. The van der Waals surface area contributed by atoms with Gasteiger partial charge < -0.3 is 14.5 Å². The van der Waals surface area contributed by atoms with Crippen LogP contribution in [0.2, 0.25) is 0 Å². The smallest absolute Gasteiger partial charge is 0.200 e. The van der Waals surface area contributed by atoms with Crippen molar-refractivity contribution in [2.45, 2.75) is 18.6 Å². The number of benzene rings is 1. The number of para-hydroxylation sites is 1. The van der Waals surface area contributed by atoms with Crippen LogP contribution in [0.15, 0.2) is 42.7 Å². The van der Waals surface area contributed by atoms with E-state index in [9.17, 15) is 4.39 Å². The van der Waals surface area contributed by atoms with Gasteiger partial charge in [0.1, 0.15) is 12.0 Å². The van der Waals surface area contributed by atoms with Gasteiger partial charge in [-0.25, -0.2) is 28.8 Å². The van der Waals surface area contributed by atoms with Gasteiger partial charge >= 0.3 is 0 Å². The third-order valence-corrected chi connectivity index (χ3v) is 6.78. The lowest BCUT2D eigenvalue weighted by molar-refractivity contribution is -0.265. The predicted molar refractivity (Wildman–Crippen MR) is 121 cm³/mol. The Hall–Kier alpha value is -2.24. The maximum atomic E-state index is 15.7. The van der Waals surface area contributed by atoms with Crippen LogP contribution in [0.3, 0.4) is 0 Å². The summed E-state index contributed by atoms with van der Waals surface area (Å²) in [6.45, 7) is 6.53. The molecule has 0 amide bonds. The highest BCUT2D eigenvalue weighted by atomic mass is 19.1. The van der Waals surface area contributed by atoms with Gasteiger partial charge in [0.25, 0.3) is 0 Å². The van der Waals surface area contributed by atoms with Crippen LogP contribution in [0.5, 0.6) is 0 Å². The number of ether oxygens (including phenoxy) is 1. The lowest BCUT2D eigenvalue weighted by Crippen LogP contribution is -2.64. The Morgan fingerprint density at radius 2 is 1.61 bits per heavy atom. The number of alkyl halides is 1. The zero-order valence-corrected chi connectivity index (χ0v) is 18.9. The fraction of sp³-hybridized carbons (Fsp3) is 0.565. The zero-order chi connectivity index (χ0) is 22.8. The molecule has 0 N–H and O–H groups in total. The van der Waals surface area contributed by atoms with E-state index in [1.807, 2.05) is 17.1 Å². The molecule has 178 valence electrons. The summed E-state index contributed by atoms with van der Waals surface area (Å²) in [5.74, 6) is 0.154. The van der Waals surface area contributed by atoms with Crippen molar-refractivity contribution >= 4 is 5.69 Å². The van der Waals surface area contributed by atoms with E-state index in [0.717, 1.165) is 26.2 Å². The molecule has 3 saturated heterocycles. The third kappa shape index (κ3) is 4.85. The van der Waals surface area contributed by atoms with Crippen molar-refractivity contribution in [3.63, 3.8) is 0 Å². The number of hydrazine groups is 1. The molecular weight excluding hydrogens is 428 g/mol. The number of piperazine rings is 2. The van der Waals surface area contributed by atoms with E-state index in [1.54, 1.807) is 24.5 Å². The second-order valence-corrected chi connectivity index (χ2v) is 8.84. The van der Waals surface area contributed by atoms with Crippen LogP contribution < -0.4 is 4.90 Å². The Kier molecular flexibility index (Phi) is 6.79. The van der Waals surface area contributed by atoms with E-state index in [0.29, 0.717) is 44.2 Å². The summed E-state index contributed by atoms with van der Waals surface area (Å²) in [6, 6.07) is 8.59. The summed E-state index contributed by atoms with van der Waals surface area (Å²) in [4.78, 5) is 15.1. The number of aromatic nitrogens is 2. The lowest BCUT2D eigenvalue weighted by Gasteiger charge is -2.50. The van der Waals surface area contributed by atoms with Crippen molar-refractivity contribution in [1.82, 2.24) is 29.8 Å². The average Bonchev–Trinajstić information content (AvgIpc) is 2.86. The number of nitrogens with zero attached hydrogens (tertiary/aromatic N) is 7. The van der Waals surface area contributed by atoms with E-state index in [2.05, 4.69) is 36.7 Å².